The molecule has 0 atom stereocenters. The Hall–Kier alpha value is -1.95. The summed E-state index contributed by atoms with van der Waals surface area (Å²) in [5.41, 5.74) is 0.510. The Bertz CT molecular complexity index is 581. The molecule has 6 nitrogen and oxygen atoms in total. The van der Waals surface area contributed by atoms with Crippen molar-refractivity contribution in [3.63, 3.8) is 0 Å². The Morgan fingerprint density at radius 1 is 0.960 bits per heavy atom. The third kappa shape index (κ3) is 4.78. The van der Waals surface area contributed by atoms with E-state index < -0.39 is 0 Å². The van der Waals surface area contributed by atoms with E-state index in [1.807, 2.05) is 4.90 Å². The normalized spacial score (nSPS) is 15.4. The first kappa shape index (κ1) is 19.4. The Morgan fingerprint density at radius 3 is 2.04 bits per heavy atom. The SMILES string of the molecule is COc1cc(OC)c(C(=O)N2CCN(CCC(C)C)CC2)cc1OC. The molecular formula is C19H30N2O4. The summed E-state index contributed by atoms with van der Waals surface area (Å²) >= 11 is 0. The van der Waals surface area contributed by atoms with Gasteiger partial charge in [0.15, 0.2) is 11.5 Å². The van der Waals surface area contributed by atoms with Crippen LogP contribution in [0, 0.1) is 5.92 Å². The Balaban J connectivity index is 2.08. The van der Waals surface area contributed by atoms with Crippen molar-refractivity contribution in [1.29, 1.82) is 0 Å². The quantitative estimate of drug-likeness (QED) is 0.756. The molecule has 0 N–H and O–H groups in total. The molecule has 1 aromatic rings. The van der Waals surface area contributed by atoms with Gasteiger partial charge in [-0.05, 0) is 18.9 Å². The van der Waals surface area contributed by atoms with E-state index in [1.54, 1.807) is 33.5 Å². The smallest absolute Gasteiger partial charge is 0.257 e. The number of benzene rings is 1. The fourth-order valence-electron chi connectivity index (χ4n) is 2.98. The number of ether oxygens (including phenoxy) is 3. The number of carbonyl (C=O) groups excluding carboxylic acids is 1. The molecule has 0 saturated carbocycles. The summed E-state index contributed by atoms with van der Waals surface area (Å²) in [5, 5.41) is 0. The molecule has 1 fully saturated rings. The van der Waals surface area contributed by atoms with Gasteiger partial charge in [0.2, 0.25) is 0 Å². The number of carbonyl (C=O) groups is 1. The number of nitrogens with zero attached hydrogens (tertiary/aromatic N) is 2. The van der Waals surface area contributed by atoms with E-state index >= 15 is 0 Å². The Kier molecular flexibility index (Phi) is 6.93. The summed E-state index contributed by atoms with van der Waals surface area (Å²) in [5.74, 6) is 2.26. The summed E-state index contributed by atoms with van der Waals surface area (Å²) in [7, 11) is 4.68. The molecule has 2 rings (SSSR count). The van der Waals surface area contributed by atoms with Crippen molar-refractivity contribution in [3.8, 4) is 17.2 Å². The summed E-state index contributed by atoms with van der Waals surface area (Å²) in [6.07, 6.45) is 1.19. The van der Waals surface area contributed by atoms with Crippen molar-refractivity contribution >= 4 is 5.91 Å². The third-order valence-electron chi connectivity index (χ3n) is 4.62. The molecule has 0 aromatic heterocycles. The zero-order chi connectivity index (χ0) is 18.4. The van der Waals surface area contributed by atoms with Gasteiger partial charge < -0.3 is 19.1 Å². The zero-order valence-corrected chi connectivity index (χ0v) is 16.0. The van der Waals surface area contributed by atoms with Crippen molar-refractivity contribution in [1.82, 2.24) is 9.80 Å². The summed E-state index contributed by atoms with van der Waals surface area (Å²) in [6.45, 7) is 8.86. The maximum absolute atomic E-state index is 13.0. The second kappa shape index (κ2) is 8.94. The predicted octanol–water partition coefficient (Wildman–Crippen LogP) is 2.52. The van der Waals surface area contributed by atoms with Crippen LogP contribution in [0.4, 0.5) is 0 Å². The second-order valence-electron chi connectivity index (χ2n) is 6.72. The van der Waals surface area contributed by atoms with E-state index in [4.69, 9.17) is 14.2 Å². The number of hydrogen-bond donors (Lipinski definition) is 0. The van der Waals surface area contributed by atoms with Crippen LogP contribution in [-0.4, -0.2) is 69.8 Å². The van der Waals surface area contributed by atoms with Crippen molar-refractivity contribution in [3.05, 3.63) is 17.7 Å². The monoisotopic (exact) mass is 350 g/mol. The van der Waals surface area contributed by atoms with Gasteiger partial charge in [-0.15, -0.1) is 0 Å². The molecule has 1 aliphatic heterocycles. The molecule has 0 radical (unpaired) electrons. The maximum Gasteiger partial charge on any atom is 0.257 e. The number of piperazine rings is 1. The van der Waals surface area contributed by atoms with Gasteiger partial charge in [-0.1, -0.05) is 13.8 Å². The summed E-state index contributed by atoms with van der Waals surface area (Å²) in [6, 6.07) is 3.40. The number of hydrogen-bond acceptors (Lipinski definition) is 5. The molecule has 0 aliphatic carbocycles. The predicted molar refractivity (Wildman–Crippen MR) is 97.9 cm³/mol. The van der Waals surface area contributed by atoms with E-state index in [1.165, 1.54) is 6.42 Å². The minimum absolute atomic E-state index is 0.0266. The minimum Gasteiger partial charge on any atom is -0.496 e. The summed E-state index contributed by atoms with van der Waals surface area (Å²) in [4.78, 5) is 17.3. The molecule has 0 unspecified atom stereocenters. The van der Waals surface area contributed by atoms with Crippen LogP contribution in [0.2, 0.25) is 0 Å². The number of rotatable bonds is 7. The first-order valence-corrected chi connectivity index (χ1v) is 8.81. The first-order valence-electron chi connectivity index (χ1n) is 8.81. The van der Waals surface area contributed by atoms with Crippen molar-refractivity contribution in [2.24, 2.45) is 5.92 Å². The fraction of sp³-hybridized carbons (Fsp3) is 0.632. The average molecular weight is 350 g/mol. The molecule has 1 amide bonds. The van der Waals surface area contributed by atoms with Crippen LogP contribution >= 0.6 is 0 Å². The molecule has 1 saturated heterocycles. The third-order valence-corrected chi connectivity index (χ3v) is 4.62. The van der Waals surface area contributed by atoms with Crippen LogP contribution in [-0.2, 0) is 0 Å². The molecule has 0 bridgehead atoms. The Morgan fingerprint density at radius 2 is 1.52 bits per heavy atom. The fourth-order valence-corrected chi connectivity index (χ4v) is 2.98. The molecule has 25 heavy (non-hydrogen) atoms. The Labute approximate surface area is 150 Å². The van der Waals surface area contributed by atoms with Gasteiger partial charge in [0.1, 0.15) is 5.75 Å². The van der Waals surface area contributed by atoms with Crippen LogP contribution in [0.5, 0.6) is 17.2 Å². The van der Waals surface area contributed by atoms with Gasteiger partial charge in [-0.25, -0.2) is 0 Å². The van der Waals surface area contributed by atoms with E-state index in [-0.39, 0.29) is 5.91 Å². The molecule has 1 aromatic carbocycles. The van der Waals surface area contributed by atoms with E-state index in [0.29, 0.717) is 28.7 Å². The molecule has 0 spiro atoms. The standard InChI is InChI=1S/C19H30N2O4/c1-14(2)6-7-20-8-10-21(11-9-20)19(22)15-12-17(24-4)18(25-5)13-16(15)23-3/h12-14H,6-11H2,1-5H3. The highest BCUT2D eigenvalue weighted by atomic mass is 16.5. The molecular weight excluding hydrogens is 320 g/mol. The second-order valence-corrected chi connectivity index (χ2v) is 6.72. The lowest BCUT2D eigenvalue weighted by Gasteiger charge is -2.35. The summed E-state index contributed by atoms with van der Waals surface area (Å²) < 4.78 is 16.0. The van der Waals surface area contributed by atoms with Crippen LogP contribution in [0.15, 0.2) is 12.1 Å². The highest BCUT2D eigenvalue weighted by Crippen LogP contribution is 2.35. The van der Waals surface area contributed by atoms with Gasteiger partial charge in [0.05, 0.1) is 26.9 Å². The van der Waals surface area contributed by atoms with E-state index in [9.17, 15) is 4.79 Å². The van der Waals surface area contributed by atoms with Gasteiger partial charge in [0, 0.05) is 38.3 Å². The van der Waals surface area contributed by atoms with Gasteiger partial charge in [-0.3, -0.25) is 9.69 Å². The first-order chi connectivity index (χ1) is 12.0. The van der Waals surface area contributed by atoms with Gasteiger partial charge in [-0.2, -0.15) is 0 Å². The van der Waals surface area contributed by atoms with Crippen molar-refractivity contribution in [2.75, 3.05) is 54.1 Å². The van der Waals surface area contributed by atoms with Crippen molar-refractivity contribution < 1.29 is 19.0 Å². The highest BCUT2D eigenvalue weighted by molar-refractivity contribution is 5.98. The lowest BCUT2D eigenvalue weighted by molar-refractivity contribution is 0.0628. The van der Waals surface area contributed by atoms with Gasteiger partial charge >= 0.3 is 0 Å². The van der Waals surface area contributed by atoms with Crippen LogP contribution in [0.25, 0.3) is 0 Å². The van der Waals surface area contributed by atoms with Crippen LogP contribution in [0.1, 0.15) is 30.6 Å². The van der Waals surface area contributed by atoms with Crippen LogP contribution in [0.3, 0.4) is 0 Å². The lowest BCUT2D eigenvalue weighted by atomic mass is 10.1. The molecule has 6 heteroatoms. The zero-order valence-electron chi connectivity index (χ0n) is 16.0. The molecule has 1 heterocycles. The topological polar surface area (TPSA) is 51.2 Å². The van der Waals surface area contributed by atoms with E-state index in [0.717, 1.165) is 32.7 Å². The molecule has 1 aliphatic rings. The van der Waals surface area contributed by atoms with Gasteiger partial charge in [0.25, 0.3) is 5.91 Å². The van der Waals surface area contributed by atoms with Crippen molar-refractivity contribution in [2.45, 2.75) is 20.3 Å². The van der Waals surface area contributed by atoms with E-state index in [2.05, 4.69) is 18.7 Å². The lowest BCUT2D eigenvalue weighted by Crippen LogP contribution is -2.49. The highest BCUT2D eigenvalue weighted by Gasteiger charge is 2.26. The number of methoxy groups -OCH3 is 3. The molecule has 140 valence electrons. The maximum atomic E-state index is 13.0. The minimum atomic E-state index is -0.0266. The largest absolute Gasteiger partial charge is 0.496 e. The average Bonchev–Trinajstić information content (AvgIpc) is 2.64. The number of amides is 1. The van der Waals surface area contributed by atoms with Crippen LogP contribution < -0.4 is 14.2 Å².